The lowest BCUT2D eigenvalue weighted by Crippen LogP contribution is -2.16. The van der Waals surface area contributed by atoms with E-state index in [-0.39, 0.29) is 0 Å². The van der Waals surface area contributed by atoms with Crippen LogP contribution in [0.15, 0.2) is 118 Å². The number of fused-ring (bicyclic) bond motifs is 8. The van der Waals surface area contributed by atoms with Crippen molar-refractivity contribution in [3.63, 3.8) is 0 Å². The van der Waals surface area contributed by atoms with Gasteiger partial charge in [-0.25, -0.2) is 0 Å². The van der Waals surface area contributed by atoms with E-state index in [2.05, 4.69) is 150 Å². The van der Waals surface area contributed by atoms with Gasteiger partial charge >= 0.3 is 0 Å². The van der Waals surface area contributed by atoms with Crippen LogP contribution in [0, 0.1) is 0 Å². The normalized spacial score (nSPS) is 13.8. The van der Waals surface area contributed by atoms with Crippen molar-refractivity contribution in [2.45, 2.75) is 25.7 Å². The fraction of sp³-hybridized carbons (Fsp3) is 0.100. The van der Waals surface area contributed by atoms with E-state index >= 15 is 0 Å². The fourth-order valence-electron chi connectivity index (χ4n) is 8.29. The number of hydrogen-bond donors (Lipinski definition) is 0. The Kier molecular flexibility index (Phi) is 5.27. The van der Waals surface area contributed by atoms with Crippen LogP contribution in [0.5, 0.6) is 0 Å². The molecule has 4 heteroatoms. The number of aromatic nitrogens is 2. The third-order valence-electron chi connectivity index (χ3n) is 9.96. The fourth-order valence-corrected chi connectivity index (χ4v) is 9.02. The molecule has 0 saturated heterocycles. The number of halogens is 2. The number of aryl methyl sites for hydroxylation is 4. The highest BCUT2D eigenvalue weighted by Gasteiger charge is 2.32. The van der Waals surface area contributed by atoms with E-state index in [9.17, 15) is 0 Å². The van der Waals surface area contributed by atoms with Crippen LogP contribution in [0.3, 0.4) is 0 Å². The van der Waals surface area contributed by atoms with Gasteiger partial charge in [0.15, 0.2) is 0 Å². The maximum Gasteiger partial charge on any atom is 0.0579 e. The van der Waals surface area contributed by atoms with Crippen LogP contribution >= 0.6 is 31.9 Å². The molecule has 44 heavy (non-hydrogen) atoms. The summed E-state index contributed by atoms with van der Waals surface area (Å²) in [6.45, 7) is 0. The maximum atomic E-state index is 3.78. The Labute approximate surface area is 271 Å². The number of nitrogens with zero attached hydrogens (tertiary/aromatic N) is 2. The highest BCUT2D eigenvalue weighted by molar-refractivity contribution is 9.10. The predicted molar refractivity (Wildman–Crippen MR) is 191 cm³/mol. The highest BCUT2D eigenvalue weighted by Crippen LogP contribution is 2.51. The van der Waals surface area contributed by atoms with Crippen molar-refractivity contribution in [2.24, 2.45) is 0 Å². The van der Waals surface area contributed by atoms with Crippen LogP contribution in [0.25, 0.3) is 66.1 Å². The summed E-state index contributed by atoms with van der Waals surface area (Å²) in [5.41, 5.74) is 16.7. The molecule has 0 radical (unpaired) electrons. The summed E-state index contributed by atoms with van der Waals surface area (Å²) in [5, 5.41) is 5.38. The maximum absolute atomic E-state index is 3.78. The summed E-state index contributed by atoms with van der Waals surface area (Å²) in [5.74, 6) is 0. The predicted octanol–water partition coefficient (Wildman–Crippen LogP) is 11.3. The molecule has 0 N–H and O–H groups in total. The minimum Gasteiger partial charge on any atom is -0.309 e. The summed E-state index contributed by atoms with van der Waals surface area (Å²) < 4.78 is 7.28. The molecule has 2 aliphatic rings. The molecule has 2 heterocycles. The quantitative estimate of drug-likeness (QED) is 0.171. The van der Waals surface area contributed by atoms with Gasteiger partial charge in [0.1, 0.15) is 0 Å². The van der Waals surface area contributed by atoms with Crippen LogP contribution in [-0.2, 0) is 25.7 Å². The second kappa shape index (κ2) is 9.20. The minimum absolute atomic E-state index is 1.02. The van der Waals surface area contributed by atoms with Crippen LogP contribution < -0.4 is 0 Å². The Hall–Kier alpha value is -4.12. The first-order chi connectivity index (χ1) is 21.7. The SMILES string of the molecule is Brc1ccc2c(c1)c1cc3c4c(c1n2-c1ccccc1)CCc1c-4c(cc2c4cc(Br)ccc4n(-c4ccccc4)c12)CC3. The average Bonchev–Trinajstić information content (AvgIpc) is 3.56. The monoisotopic (exact) mass is 692 g/mol. The van der Waals surface area contributed by atoms with E-state index in [1.165, 1.54) is 88.4 Å². The van der Waals surface area contributed by atoms with E-state index in [0.29, 0.717) is 0 Å². The molecule has 0 atom stereocenters. The molecule has 0 fully saturated rings. The first-order valence-corrected chi connectivity index (χ1v) is 16.9. The number of para-hydroxylation sites is 2. The molecule has 0 spiro atoms. The van der Waals surface area contributed by atoms with Crippen molar-refractivity contribution < 1.29 is 0 Å². The van der Waals surface area contributed by atoms with E-state index < -0.39 is 0 Å². The Bertz CT molecular complexity index is 2320. The van der Waals surface area contributed by atoms with Crippen LogP contribution in [0.4, 0.5) is 0 Å². The molecule has 10 rings (SSSR count). The van der Waals surface area contributed by atoms with Gasteiger partial charge in [-0.05, 0) is 132 Å². The number of rotatable bonds is 2. The molecule has 2 aromatic heterocycles. The van der Waals surface area contributed by atoms with Crippen molar-refractivity contribution in [3.05, 3.63) is 140 Å². The second-order valence-electron chi connectivity index (χ2n) is 12.2. The lowest BCUT2D eigenvalue weighted by Gasteiger charge is -2.31. The standard InChI is InChI=1S/C40H26Br2N2/c41-25-13-17-35-31(21-25)33-19-23-11-12-24-20-34-32-22-26(42)14-18-36(32)44(28-9-5-2-6-10-28)40(34)30-16-15-29(37(23)38(24)30)39(33)43(35)27-7-3-1-4-8-27/h1-10,13-14,17-22H,11-12,15-16H2. The van der Waals surface area contributed by atoms with Gasteiger partial charge in [0.05, 0.1) is 22.1 Å². The summed E-state index contributed by atoms with van der Waals surface area (Å²) >= 11 is 7.56. The molecule has 210 valence electrons. The summed E-state index contributed by atoms with van der Waals surface area (Å²) in [6.07, 6.45) is 4.19. The average molecular weight is 694 g/mol. The Balaban J connectivity index is 1.37. The zero-order valence-corrected chi connectivity index (χ0v) is 27.0. The molecule has 2 aliphatic carbocycles. The molecule has 6 aromatic carbocycles. The molecule has 0 aliphatic heterocycles. The first-order valence-electron chi connectivity index (χ1n) is 15.3. The highest BCUT2D eigenvalue weighted by atomic mass is 79.9. The van der Waals surface area contributed by atoms with Crippen LogP contribution in [0.2, 0.25) is 0 Å². The van der Waals surface area contributed by atoms with Gasteiger partial charge in [-0.1, -0.05) is 68.3 Å². The van der Waals surface area contributed by atoms with E-state index in [1.54, 1.807) is 0 Å². The molecule has 8 aromatic rings. The van der Waals surface area contributed by atoms with Gasteiger partial charge in [-0.2, -0.15) is 0 Å². The first kappa shape index (κ1) is 25.2. The number of benzene rings is 6. The van der Waals surface area contributed by atoms with Crippen molar-refractivity contribution in [1.29, 1.82) is 0 Å². The van der Waals surface area contributed by atoms with Gasteiger partial charge in [-0.3, -0.25) is 0 Å². The topological polar surface area (TPSA) is 9.86 Å². The van der Waals surface area contributed by atoms with E-state index in [1.807, 2.05) is 0 Å². The third kappa shape index (κ3) is 3.36. The Morgan fingerprint density at radius 1 is 0.432 bits per heavy atom. The molecule has 0 bridgehead atoms. The van der Waals surface area contributed by atoms with Gasteiger partial charge in [0.2, 0.25) is 0 Å². The van der Waals surface area contributed by atoms with Crippen molar-refractivity contribution in [2.75, 3.05) is 0 Å². The number of hydrogen-bond acceptors (Lipinski definition) is 0. The zero-order valence-electron chi connectivity index (χ0n) is 23.9. The van der Waals surface area contributed by atoms with Gasteiger partial charge in [0, 0.05) is 41.9 Å². The molecule has 0 amide bonds. The molecular formula is C40H26Br2N2. The summed E-state index contributed by atoms with van der Waals surface area (Å²) in [6, 6.07) is 40.4. The van der Waals surface area contributed by atoms with Crippen molar-refractivity contribution in [3.8, 4) is 22.5 Å². The molecular weight excluding hydrogens is 668 g/mol. The Morgan fingerprint density at radius 2 is 0.864 bits per heavy atom. The molecule has 0 saturated carbocycles. The summed E-state index contributed by atoms with van der Waals surface area (Å²) in [4.78, 5) is 0. The van der Waals surface area contributed by atoms with Crippen molar-refractivity contribution >= 4 is 75.5 Å². The lowest BCUT2D eigenvalue weighted by atomic mass is 9.74. The minimum atomic E-state index is 1.02. The zero-order chi connectivity index (χ0) is 29.1. The summed E-state index contributed by atoms with van der Waals surface area (Å²) in [7, 11) is 0. The smallest absolute Gasteiger partial charge is 0.0579 e. The van der Waals surface area contributed by atoms with E-state index in [4.69, 9.17) is 0 Å². The van der Waals surface area contributed by atoms with Crippen molar-refractivity contribution in [1.82, 2.24) is 9.13 Å². The second-order valence-corrected chi connectivity index (χ2v) is 14.1. The van der Waals surface area contributed by atoms with Gasteiger partial charge in [0.25, 0.3) is 0 Å². The third-order valence-corrected chi connectivity index (χ3v) is 10.9. The van der Waals surface area contributed by atoms with Crippen LogP contribution in [-0.4, -0.2) is 9.13 Å². The lowest BCUT2D eigenvalue weighted by molar-refractivity contribution is 0.883. The van der Waals surface area contributed by atoms with Gasteiger partial charge in [-0.15, -0.1) is 0 Å². The van der Waals surface area contributed by atoms with E-state index in [0.717, 1.165) is 34.6 Å². The largest absolute Gasteiger partial charge is 0.309 e. The van der Waals surface area contributed by atoms with Gasteiger partial charge < -0.3 is 9.13 Å². The molecule has 0 unspecified atom stereocenters. The Morgan fingerprint density at radius 3 is 1.30 bits per heavy atom. The molecule has 2 nitrogen and oxygen atoms in total. The van der Waals surface area contributed by atoms with Crippen LogP contribution in [0.1, 0.15) is 22.3 Å².